The normalized spacial score (nSPS) is 22.6. The van der Waals surface area contributed by atoms with E-state index in [1.54, 1.807) is 4.90 Å². The molecule has 1 aromatic rings. The van der Waals surface area contributed by atoms with E-state index in [0.717, 1.165) is 43.9 Å². The van der Waals surface area contributed by atoms with Gasteiger partial charge in [-0.1, -0.05) is 6.07 Å². The summed E-state index contributed by atoms with van der Waals surface area (Å²) in [6, 6.07) is 7.95. The van der Waals surface area contributed by atoms with Crippen molar-refractivity contribution in [1.82, 2.24) is 5.32 Å². The van der Waals surface area contributed by atoms with Gasteiger partial charge in [-0.3, -0.25) is 4.90 Å². The van der Waals surface area contributed by atoms with Crippen LogP contribution in [-0.2, 0) is 4.74 Å². The Balaban J connectivity index is 1.63. The number of carbonyl (C=O) groups is 1. The molecule has 5 heteroatoms. The molecule has 2 aliphatic rings. The lowest BCUT2D eigenvalue weighted by Crippen LogP contribution is -2.27. The Morgan fingerprint density at radius 1 is 1.47 bits per heavy atom. The van der Waals surface area contributed by atoms with Crippen LogP contribution >= 0.6 is 0 Å². The maximum absolute atomic E-state index is 11.6. The van der Waals surface area contributed by atoms with Gasteiger partial charge in [-0.25, -0.2) is 4.79 Å². The number of nitrogens with one attached hydrogen (secondary N) is 2. The van der Waals surface area contributed by atoms with E-state index in [1.807, 2.05) is 24.3 Å². The van der Waals surface area contributed by atoms with Gasteiger partial charge in [-0.2, -0.15) is 0 Å². The summed E-state index contributed by atoms with van der Waals surface area (Å²) in [6.07, 6.45) is 2.60. The van der Waals surface area contributed by atoms with Crippen LogP contribution in [0, 0.1) is 0 Å². The molecule has 2 N–H and O–H groups in total. The van der Waals surface area contributed by atoms with Crippen LogP contribution < -0.4 is 15.5 Å². The number of carbonyl (C=O) groups excluding carboxylic acids is 1. The van der Waals surface area contributed by atoms with Gasteiger partial charge in [0.1, 0.15) is 0 Å². The van der Waals surface area contributed by atoms with Crippen molar-refractivity contribution >= 4 is 17.4 Å². The topological polar surface area (TPSA) is 53.6 Å². The molecule has 2 heterocycles. The Labute approximate surface area is 112 Å². The Bertz CT molecular complexity index is 458. The number of ether oxygens (including phenoxy) is 1. The molecular weight excluding hydrogens is 242 g/mol. The fraction of sp³-hybridized carbons (Fsp3) is 0.500. The third-order valence-corrected chi connectivity index (χ3v) is 3.57. The molecule has 2 amide bonds. The van der Waals surface area contributed by atoms with Crippen LogP contribution in [0.3, 0.4) is 0 Å². The molecule has 0 bridgehead atoms. The number of hydrogen-bond acceptors (Lipinski definition) is 3. The van der Waals surface area contributed by atoms with Crippen LogP contribution in [0.15, 0.2) is 24.3 Å². The molecule has 0 saturated carbocycles. The number of anilines is 2. The lowest BCUT2D eigenvalue weighted by Gasteiger charge is -2.17. The summed E-state index contributed by atoms with van der Waals surface area (Å²) < 4.78 is 5.58. The van der Waals surface area contributed by atoms with Crippen molar-refractivity contribution in [2.75, 3.05) is 36.5 Å². The van der Waals surface area contributed by atoms with Crippen LogP contribution in [-0.4, -0.2) is 38.4 Å². The highest BCUT2D eigenvalue weighted by molar-refractivity contribution is 5.94. The number of hydrogen-bond donors (Lipinski definition) is 2. The average molecular weight is 261 g/mol. The molecule has 3 rings (SSSR count). The smallest absolute Gasteiger partial charge is 0.321 e. The highest BCUT2D eigenvalue weighted by atomic mass is 16.5. The van der Waals surface area contributed by atoms with Gasteiger partial charge in [0.15, 0.2) is 0 Å². The maximum atomic E-state index is 11.6. The fourth-order valence-corrected chi connectivity index (χ4v) is 2.54. The molecular formula is C14H19N3O2. The van der Waals surface area contributed by atoms with Gasteiger partial charge in [0.05, 0.1) is 6.10 Å². The molecule has 0 aliphatic carbocycles. The maximum Gasteiger partial charge on any atom is 0.321 e. The molecule has 1 unspecified atom stereocenters. The van der Waals surface area contributed by atoms with E-state index in [2.05, 4.69) is 10.6 Å². The minimum atomic E-state index is -0.0173. The van der Waals surface area contributed by atoms with Gasteiger partial charge in [0.25, 0.3) is 0 Å². The zero-order valence-electron chi connectivity index (χ0n) is 10.9. The molecule has 0 radical (unpaired) electrons. The summed E-state index contributed by atoms with van der Waals surface area (Å²) in [7, 11) is 0. The molecule has 1 atom stereocenters. The summed E-state index contributed by atoms with van der Waals surface area (Å²) in [5, 5.41) is 6.19. The molecule has 0 spiro atoms. The first-order valence-electron chi connectivity index (χ1n) is 6.84. The van der Waals surface area contributed by atoms with Crippen LogP contribution in [0.4, 0.5) is 16.2 Å². The zero-order chi connectivity index (χ0) is 13.1. The Morgan fingerprint density at radius 3 is 3.16 bits per heavy atom. The molecule has 102 valence electrons. The summed E-state index contributed by atoms with van der Waals surface area (Å²) in [4.78, 5) is 13.4. The zero-order valence-corrected chi connectivity index (χ0v) is 10.9. The molecule has 1 aromatic carbocycles. The van der Waals surface area contributed by atoms with Gasteiger partial charge in [-0.05, 0) is 31.0 Å². The number of nitrogens with zero attached hydrogens (tertiary/aromatic N) is 1. The van der Waals surface area contributed by atoms with Crippen molar-refractivity contribution in [1.29, 1.82) is 0 Å². The summed E-state index contributed by atoms with van der Waals surface area (Å²) in [6.45, 7) is 3.15. The van der Waals surface area contributed by atoms with E-state index >= 15 is 0 Å². The highest BCUT2D eigenvalue weighted by Crippen LogP contribution is 2.21. The third kappa shape index (κ3) is 2.81. The molecule has 0 aromatic heterocycles. The summed E-state index contributed by atoms with van der Waals surface area (Å²) in [5.74, 6) is 0. The fourth-order valence-electron chi connectivity index (χ4n) is 2.54. The Morgan fingerprint density at radius 2 is 2.42 bits per heavy atom. The van der Waals surface area contributed by atoms with Crippen molar-refractivity contribution in [3.05, 3.63) is 24.3 Å². The molecule has 5 nitrogen and oxygen atoms in total. The minimum absolute atomic E-state index is 0.0173. The van der Waals surface area contributed by atoms with Crippen molar-refractivity contribution in [2.45, 2.75) is 18.9 Å². The van der Waals surface area contributed by atoms with Gasteiger partial charge in [0.2, 0.25) is 0 Å². The SMILES string of the molecule is O=C1NCCN1c1cccc(NCC2CCCO2)c1. The van der Waals surface area contributed by atoms with E-state index in [9.17, 15) is 4.79 Å². The van der Waals surface area contributed by atoms with Crippen LogP contribution in [0.5, 0.6) is 0 Å². The largest absolute Gasteiger partial charge is 0.382 e. The monoisotopic (exact) mass is 261 g/mol. The summed E-state index contributed by atoms with van der Waals surface area (Å²) >= 11 is 0. The predicted molar refractivity (Wildman–Crippen MR) is 74.7 cm³/mol. The lowest BCUT2D eigenvalue weighted by molar-refractivity contribution is 0.120. The number of rotatable bonds is 4. The van der Waals surface area contributed by atoms with Gasteiger partial charge >= 0.3 is 6.03 Å². The molecule has 2 fully saturated rings. The second-order valence-corrected chi connectivity index (χ2v) is 4.95. The van der Waals surface area contributed by atoms with Crippen LogP contribution in [0.25, 0.3) is 0 Å². The minimum Gasteiger partial charge on any atom is -0.382 e. The average Bonchev–Trinajstić information content (AvgIpc) is 3.08. The van der Waals surface area contributed by atoms with Crippen molar-refractivity contribution in [2.24, 2.45) is 0 Å². The van der Waals surface area contributed by atoms with E-state index in [0.29, 0.717) is 12.6 Å². The van der Waals surface area contributed by atoms with Crippen molar-refractivity contribution in [3.8, 4) is 0 Å². The second-order valence-electron chi connectivity index (χ2n) is 4.95. The van der Waals surface area contributed by atoms with Gasteiger partial charge < -0.3 is 15.4 Å². The Kier molecular flexibility index (Phi) is 3.55. The van der Waals surface area contributed by atoms with E-state index < -0.39 is 0 Å². The van der Waals surface area contributed by atoms with Crippen LogP contribution in [0.2, 0.25) is 0 Å². The standard InChI is InChI=1S/C14H19N3O2/c18-14-15-6-7-17(14)12-4-1-3-11(9-12)16-10-13-5-2-8-19-13/h1,3-4,9,13,16H,2,5-8,10H2,(H,15,18). The highest BCUT2D eigenvalue weighted by Gasteiger charge is 2.21. The molecule has 19 heavy (non-hydrogen) atoms. The first-order valence-corrected chi connectivity index (χ1v) is 6.84. The van der Waals surface area contributed by atoms with E-state index in [4.69, 9.17) is 4.74 Å². The lowest BCUT2D eigenvalue weighted by atomic mass is 10.2. The van der Waals surface area contributed by atoms with Crippen LogP contribution in [0.1, 0.15) is 12.8 Å². The summed E-state index contributed by atoms with van der Waals surface area (Å²) in [5.41, 5.74) is 1.97. The Hall–Kier alpha value is -1.75. The second kappa shape index (κ2) is 5.48. The first kappa shape index (κ1) is 12.3. The van der Waals surface area contributed by atoms with E-state index in [1.165, 1.54) is 0 Å². The number of urea groups is 1. The number of amides is 2. The first-order chi connectivity index (χ1) is 9.33. The van der Waals surface area contributed by atoms with Gasteiger partial charge in [-0.15, -0.1) is 0 Å². The van der Waals surface area contributed by atoms with E-state index in [-0.39, 0.29) is 6.03 Å². The quantitative estimate of drug-likeness (QED) is 0.869. The number of benzene rings is 1. The molecule has 2 aliphatic heterocycles. The predicted octanol–water partition coefficient (Wildman–Crippen LogP) is 1.81. The van der Waals surface area contributed by atoms with Crippen molar-refractivity contribution in [3.63, 3.8) is 0 Å². The van der Waals surface area contributed by atoms with Gasteiger partial charge in [0, 0.05) is 37.6 Å². The molecule has 2 saturated heterocycles. The van der Waals surface area contributed by atoms with Crippen molar-refractivity contribution < 1.29 is 9.53 Å². The third-order valence-electron chi connectivity index (χ3n) is 3.57.